The summed E-state index contributed by atoms with van der Waals surface area (Å²) < 4.78 is 16.9. The number of hydrogen-bond acceptors (Lipinski definition) is 2. The average molecular weight is 377 g/mol. The molecule has 0 bridgehead atoms. The van der Waals surface area contributed by atoms with E-state index in [9.17, 15) is 14.0 Å². The van der Waals surface area contributed by atoms with Crippen LogP contribution in [0.1, 0.15) is 18.4 Å². The molecule has 2 aromatic carbocycles. The fraction of sp³-hybridized carbons (Fsp3) is 0.182. The summed E-state index contributed by atoms with van der Waals surface area (Å²) in [5.41, 5.74) is 2.31. The first-order valence-corrected chi connectivity index (χ1v) is 9.15. The van der Waals surface area contributed by atoms with Crippen molar-refractivity contribution in [3.63, 3.8) is 0 Å². The van der Waals surface area contributed by atoms with Gasteiger partial charge in [0.25, 0.3) is 5.56 Å². The molecule has 0 saturated heterocycles. The van der Waals surface area contributed by atoms with Crippen LogP contribution in [0.4, 0.5) is 4.39 Å². The average Bonchev–Trinajstić information content (AvgIpc) is 3.20. The van der Waals surface area contributed by atoms with Gasteiger partial charge in [-0.2, -0.15) is 0 Å². The molecule has 0 spiro atoms. The molecule has 0 aliphatic rings. The van der Waals surface area contributed by atoms with Crippen LogP contribution in [-0.2, 0) is 11.3 Å². The first-order chi connectivity index (χ1) is 13.5. The number of carbonyl (C=O) groups is 1. The standard InChI is InChI=1S/C22H20FN3O2/c1-15(16-6-3-2-4-7-16)13-24-21(27)14-26-20-12-17(23)9-10-18(20)25-11-5-8-19(25)22(26)28/h2-12,15H,13-14H2,1H3,(H,24,27). The lowest BCUT2D eigenvalue weighted by molar-refractivity contribution is -0.121. The van der Waals surface area contributed by atoms with E-state index in [4.69, 9.17) is 0 Å². The van der Waals surface area contributed by atoms with Gasteiger partial charge in [-0.1, -0.05) is 37.3 Å². The van der Waals surface area contributed by atoms with Crippen molar-refractivity contribution in [2.75, 3.05) is 6.54 Å². The third-order valence-electron chi connectivity index (χ3n) is 4.98. The van der Waals surface area contributed by atoms with Crippen molar-refractivity contribution in [3.05, 3.63) is 88.6 Å². The molecule has 1 unspecified atom stereocenters. The van der Waals surface area contributed by atoms with Crippen LogP contribution >= 0.6 is 0 Å². The Morgan fingerprint density at radius 1 is 1.04 bits per heavy atom. The van der Waals surface area contributed by atoms with Crippen LogP contribution in [0.25, 0.3) is 16.6 Å². The Morgan fingerprint density at radius 3 is 2.61 bits per heavy atom. The molecule has 4 rings (SSSR count). The molecule has 1 amide bonds. The summed E-state index contributed by atoms with van der Waals surface area (Å²) >= 11 is 0. The van der Waals surface area contributed by atoms with E-state index in [-0.39, 0.29) is 23.9 Å². The maximum atomic E-state index is 13.8. The number of nitrogens with one attached hydrogen (secondary N) is 1. The van der Waals surface area contributed by atoms with Gasteiger partial charge in [0.15, 0.2) is 0 Å². The minimum atomic E-state index is -0.453. The molecule has 0 fully saturated rings. The maximum absolute atomic E-state index is 13.8. The molecule has 5 nitrogen and oxygen atoms in total. The van der Waals surface area contributed by atoms with Gasteiger partial charge in [-0.05, 0) is 41.8 Å². The molecule has 142 valence electrons. The molecular weight excluding hydrogens is 357 g/mol. The topological polar surface area (TPSA) is 55.5 Å². The maximum Gasteiger partial charge on any atom is 0.275 e. The van der Waals surface area contributed by atoms with Crippen molar-refractivity contribution in [2.45, 2.75) is 19.4 Å². The number of nitrogens with zero attached hydrogens (tertiary/aromatic N) is 2. The number of fused-ring (bicyclic) bond motifs is 3. The van der Waals surface area contributed by atoms with Crippen LogP contribution in [0.3, 0.4) is 0 Å². The predicted molar refractivity (Wildman–Crippen MR) is 107 cm³/mol. The van der Waals surface area contributed by atoms with Crippen LogP contribution in [0.2, 0.25) is 0 Å². The number of benzene rings is 2. The summed E-state index contributed by atoms with van der Waals surface area (Å²) in [6, 6.07) is 17.6. The van der Waals surface area contributed by atoms with Crippen LogP contribution in [0.5, 0.6) is 0 Å². The normalized spacial score (nSPS) is 12.4. The van der Waals surface area contributed by atoms with Gasteiger partial charge in [-0.3, -0.25) is 14.2 Å². The Hall–Kier alpha value is -3.41. The second-order valence-electron chi connectivity index (χ2n) is 6.90. The van der Waals surface area contributed by atoms with Gasteiger partial charge in [0.2, 0.25) is 5.91 Å². The van der Waals surface area contributed by atoms with Crippen molar-refractivity contribution in [2.24, 2.45) is 0 Å². The monoisotopic (exact) mass is 377 g/mol. The van der Waals surface area contributed by atoms with Crippen molar-refractivity contribution < 1.29 is 9.18 Å². The third kappa shape index (κ3) is 3.29. The molecule has 0 saturated carbocycles. The van der Waals surface area contributed by atoms with Gasteiger partial charge >= 0.3 is 0 Å². The zero-order valence-corrected chi connectivity index (χ0v) is 15.4. The Labute approximate surface area is 161 Å². The predicted octanol–water partition coefficient (Wildman–Crippen LogP) is 3.31. The van der Waals surface area contributed by atoms with Crippen LogP contribution in [0, 0.1) is 5.82 Å². The third-order valence-corrected chi connectivity index (χ3v) is 4.98. The summed E-state index contributed by atoms with van der Waals surface area (Å²) in [6.45, 7) is 2.32. The summed E-state index contributed by atoms with van der Waals surface area (Å²) in [6.07, 6.45) is 1.75. The molecule has 0 aliphatic heterocycles. The van der Waals surface area contributed by atoms with Gasteiger partial charge in [0.05, 0.1) is 11.0 Å². The SMILES string of the molecule is CC(CNC(=O)Cn1c(=O)c2cccn2c2ccc(F)cc21)c1ccccc1. The molecule has 2 heterocycles. The van der Waals surface area contributed by atoms with Gasteiger partial charge in [0.1, 0.15) is 17.9 Å². The largest absolute Gasteiger partial charge is 0.354 e. The van der Waals surface area contributed by atoms with Crippen LogP contribution in [0.15, 0.2) is 71.7 Å². The fourth-order valence-electron chi connectivity index (χ4n) is 3.45. The lowest BCUT2D eigenvalue weighted by atomic mass is 10.0. The smallest absolute Gasteiger partial charge is 0.275 e. The highest BCUT2D eigenvalue weighted by molar-refractivity contribution is 5.82. The van der Waals surface area contributed by atoms with E-state index in [1.165, 1.54) is 16.7 Å². The van der Waals surface area contributed by atoms with Crippen molar-refractivity contribution >= 4 is 22.5 Å². The van der Waals surface area contributed by atoms with E-state index < -0.39 is 5.82 Å². The highest BCUT2D eigenvalue weighted by atomic mass is 19.1. The van der Waals surface area contributed by atoms with E-state index in [2.05, 4.69) is 5.32 Å². The molecule has 1 N–H and O–H groups in total. The van der Waals surface area contributed by atoms with E-state index in [1.54, 1.807) is 28.8 Å². The summed E-state index contributed by atoms with van der Waals surface area (Å²) in [4.78, 5) is 25.4. The van der Waals surface area contributed by atoms with Gasteiger partial charge in [0, 0.05) is 12.7 Å². The zero-order valence-electron chi connectivity index (χ0n) is 15.4. The number of hydrogen-bond donors (Lipinski definition) is 1. The van der Waals surface area contributed by atoms with Gasteiger partial charge in [-0.15, -0.1) is 0 Å². The minimum Gasteiger partial charge on any atom is -0.354 e. The Bertz CT molecular complexity index is 1210. The summed E-state index contributed by atoms with van der Waals surface area (Å²) in [7, 11) is 0. The Kier molecular flexibility index (Phi) is 4.69. The zero-order chi connectivity index (χ0) is 19.7. The first-order valence-electron chi connectivity index (χ1n) is 9.15. The lowest BCUT2D eigenvalue weighted by Gasteiger charge is -2.15. The van der Waals surface area contributed by atoms with Crippen LogP contribution in [-0.4, -0.2) is 21.4 Å². The number of amides is 1. The van der Waals surface area contributed by atoms with E-state index in [0.29, 0.717) is 23.1 Å². The molecular formula is C22H20FN3O2. The van der Waals surface area contributed by atoms with Gasteiger partial charge < -0.3 is 9.72 Å². The first kappa shape index (κ1) is 18.0. The second-order valence-corrected chi connectivity index (χ2v) is 6.90. The molecule has 6 heteroatoms. The lowest BCUT2D eigenvalue weighted by Crippen LogP contribution is -2.34. The van der Waals surface area contributed by atoms with Crippen molar-refractivity contribution in [1.82, 2.24) is 14.3 Å². The van der Waals surface area contributed by atoms with Crippen molar-refractivity contribution in [3.8, 4) is 0 Å². The number of rotatable bonds is 5. The number of halogens is 1. The fourth-order valence-corrected chi connectivity index (χ4v) is 3.45. The molecule has 2 aromatic heterocycles. The van der Waals surface area contributed by atoms with E-state index in [0.717, 1.165) is 5.56 Å². The van der Waals surface area contributed by atoms with E-state index in [1.807, 2.05) is 37.3 Å². The second kappa shape index (κ2) is 7.31. The molecule has 1 atom stereocenters. The summed E-state index contributed by atoms with van der Waals surface area (Å²) in [5, 5.41) is 2.88. The molecule has 4 aromatic rings. The summed E-state index contributed by atoms with van der Waals surface area (Å²) in [5.74, 6) is -0.596. The molecule has 0 aliphatic carbocycles. The number of aromatic nitrogens is 2. The Morgan fingerprint density at radius 2 is 1.82 bits per heavy atom. The quantitative estimate of drug-likeness (QED) is 0.580. The number of carbonyl (C=O) groups excluding carboxylic acids is 1. The highest BCUT2D eigenvalue weighted by Crippen LogP contribution is 2.17. The minimum absolute atomic E-state index is 0.143. The Balaban J connectivity index is 1.61. The van der Waals surface area contributed by atoms with Crippen molar-refractivity contribution in [1.29, 1.82) is 0 Å². The van der Waals surface area contributed by atoms with Crippen LogP contribution < -0.4 is 10.9 Å². The van der Waals surface area contributed by atoms with Gasteiger partial charge in [-0.25, -0.2) is 4.39 Å². The molecule has 0 radical (unpaired) electrons. The van der Waals surface area contributed by atoms with E-state index >= 15 is 0 Å². The molecule has 28 heavy (non-hydrogen) atoms. The highest BCUT2D eigenvalue weighted by Gasteiger charge is 2.15.